The fourth-order valence-electron chi connectivity index (χ4n) is 4.04. The molecule has 1 fully saturated rings. The van der Waals surface area contributed by atoms with Crippen molar-refractivity contribution in [3.8, 4) is 0 Å². The maximum Gasteiger partial charge on any atom is 0.349 e. The molecule has 0 bridgehead atoms. The van der Waals surface area contributed by atoms with Gasteiger partial charge in [0.25, 0.3) is 11.5 Å². The quantitative estimate of drug-likeness (QED) is 0.530. The van der Waals surface area contributed by atoms with Crippen molar-refractivity contribution in [1.82, 2.24) is 5.32 Å². The van der Waals surface area contributed by atoms with Crippen molar-refractivity contribution in [2.45, 2.75) is 30.4 Å². The number of carbonyl (C=O) groups is 4. The third kappa shape index (κ3) is 3.48. The summed E-state index contributed by atoms with van der Waals surface area (Å²) in [7, 11) is 1.05. The summed E-state index contributed by atoms with van der Waals surface area (Å²) in [6.07, 6.45) is -0.385. The molecule has 2 N–H and O–H groups in total. The van der Waals surface area contributed by atoms with E-state index in [1.165, 1.54) is 19.1 Å². The molecule has 31 heavy (non-hydrogen) atoms. The number of hydrogen-bond donors (Lipinski definition) is 2. The summed E-state index contributed by atoms with van der Waals surface area (Å²) in [6, 6.07) is 16.3. The van der Waals surface area contributed by atoms with Gasteiger partial charge >= 0.3 is 11.9 Å². The highest BCUT2D eigenvalue weighted by Gasteiger charge is 2.75. The number of aliphatic hydroxyl groups is 1. The summed E-state index contributed by atoms with van der Waals surface area (Å²) in [6.45, 7) is 1.35. The van der Waals surface area contributed by atoms with E-state index >= 15 is 0 Å². The van der Waals surface area contributed by atoms with Gasteiger partial charge in [-0.1, -0.05) is 48.5 Å². The molecule has 1 saturated carbocycles. The van der Waals surface area contributed by atoms with E-state index in [9.17, 15) is 24.3 Å². The molecular formula is C23H23NO7. The van der Waals surface area contributed by atoms with E-state index in [2.05, 4.69) is 5.32 Å². The van der Waals surface area contributed by atoms with E-state index in [1.807, 2.05) is 0 Å². The number of ketones is 1. The van der Waals surface area contributed by atoms with Gasteiger partial charge in [-0.15, -0.1) is 0 Å². The number of hydrogen-bond acceptors (Lipinski definition) is 7. The molecule has 1 unspecified atom stereocenters. The topological polar surface area (TPSA) is 119 Å². The molecule has 3 atom stereocenters. The normalized spacial score (nSPS) is 25.0. The molecule has 0 heterocycles. The summed E-state index contributed by atoms with van der Waals surface area (Å²) in [5.41, 5.74) is -4.77. The molecule has 1 aliphatic carbocycles. The van der Waals surface area contributed by atoms with E-state index in [1.54, 1.807) is 48.5 Å². The number of rotatable bonds is 6. The van der Waals surface area contributed by atoms with Gasteiger partial charge in [-0.2, -0.15) is 0 Å². The number of nitrogens with one attached hydrogen (secondary N) is 1. The van der Waals surface area contributed by atoms with Crippen molar-refractivity contribution in [2.75, 3.05) is 13.7 Å². The van der Waals surface area contributed by atoms with Crippen molar-refractivity contribution in [3.63, 3.8) is 0 Å². The first-order valence-electron chi connectivity index (χ1n) is 9.76. The van der Waals surface area contributed by atoms with Crippen LogP contribution in [0.2, 0.25) is 0 Å². The highest BCUT2D eigenvalue weighted by Crippen LogP contribution is 2.49. The van der Waals surface area contributed by atoms with Crippen LogP contribution < -0.4 is 5.32 Å². The lowest BCUT2D eigenvalue weighted by Crippen LogP contribution is -2.73. The van der Waals surface area contributed by atoms with Crippen LogP contribution in [0, 0.1) is 0 Å². The number of methoxy groups -OCH3 is 1. The fourth-order valence-corrected chi connectivity index (χ4v) is 4.04. The van der Waals surface area contributed by atoms with Gasteiger partial charge < -0.3 is 19.9 Å². The molecule has 3 rings (SSSR count). The number of esters is 2. The van der Waals surface area contributed by atoms with Crippen LogP contribution in [0.25, 0.3) is 0 Å². The predicted octanol–water partition coefficient (Wildman–Crippen LogP) is 1.38. The molecule has 8 nitrogen and oxygen atoms in total. The smallest absolute Gasteiger partial charge is 0.349 e. The van der Waals surface area contributed by atoms with Crippen molar-refractivity contribution >= 4 is 23.6 Å². The number of Topliss-reactive ketones (excluding diaryl/α,β-unsaturated/α-hetero) is 1. The van der Waals surface area contributed by atoms with Crippen LogP contribution in [0.15, 0.2) is 60.7 Å². The van der Waals surface area contributed by atoms with E-state index in [0.717, 1.165) is 7.11 Å². The molecule has 2 aromatic rings. The zero-order chi connectivity index (χ0) is 22.6. The minimum atomic E-state index is -2.97. The van der Waals surface area contributed by atoms with E-state index < -0.39 is 40.7 Å². The molecule has 0 spiro atoms. The Morgan fingerprint density at radius 1 is 1.03 bits per heavy atom. The minimum absolute atomic E-state index is 0.145. The van der Waals surface area contributed by atoms with Crippen molar-refractivity contribution in [3.05, 3.63) is 71.8 Å². The van der Waals surface area contributed by atoms with E-state index in [4.69, 9.17) is 9.47 Å². The Kier molecular flexibility index (Phi) is 6.21. The summed E-state index contributed by atoms with van der Waals surface area (Å²) in [5, 5.41) is 13.9. The van der Waals surface area contributed by atoms with Gasteiger partial charge in [-0.05, 0) is 24.6 Å². The zero-order valence-corrected chi connectivity index (χ0v) is 17.2. The number of carbonyl (C=O) groups excluding carboxylic acids is 4. The monoisotopic (exact) mass is 425 g/mol. The van der Waals surface area contributed by atoms with Gasteiger partial charge in [0.2, 0.25) is 0 Å². The molecule has 1 aliphatic rings. The van der Waals surface area contributed by atoms with Gasteiger partial charge in [-0.3, -0.25) is 9.59 Å². The molecule has 8 heteroatoms. The highest BCUT2D eigenvalue weighted by atomic mass is 16.6. The first-order valence-corrected chi connectivity index (χ1v) is 9.76. The second-order valence-electron chi connectivity index (χ2n) is 7.14. The van der Waals surface area contributed by atoms with E-state index in [0.29, 0.717) is 5.56 Å². The standard InChI is InChI=1S/C23H23NO7/c1-3-31-21(28)23(29)18(25)14-17(15-10-6-4-7-11-15)22(23,20(27)30-2)24-19(26)16-12-8-5-9-13-16/h4-13,17,29H,3,14H2,1-2H3,(H,24,26)/t17-,22-,23?/m1/s1. The van der Waals surface area contributed by atoms with Crippen molar-refractivity contribution in [2.24, 2.45) is 0 Å². The Labute approximate surface area is 179 Å². The number of ether oxygens (including phenoxy) is 2. The predicted molar refractivity (Wildman–Crippen MR) is 109 cm³/mol. The van der Waals surface area contributed by atoms with Crippen LogP contribution in [0.3, 0.4) is 0 Å². The summed E-state index contributed by atoms with van der Waals surface area (Å²) < 4.78 is 9.88. The van der Waals surface area contributed by atoms with Gasteiger partial charge in [0.05, 0.1) is 13.7 Å². The lowest BCUT2D eigenvalue weighted by atomic mass is 9.73. The van der Waals surface area contributed by atoms with Crippen LogP contribution in [-0.4, -0.2) is 53.6 Å². The third-order valence-corrected chi connectivity index (χ3v) is 5.51. The molecule has 0 aromatic heterocycles. The second-order valence-corrected chi connectivity index (χ2v) is 7.14. The van der Waals surface area contributed by atoms with Crippen LogP contribution in [0.4, 0.5) is 0 Å². The molecule has 162 valence electrons. The molecule has 0 aliphatic heterocycles. The molecule has 0 radical (unpaired) electrons. The van der Waals surface area contributed by atoms with Crippen molar-refractivity contribution < 1.29 is 33.8 Å². The Morgan fingerprint density at radius 3 is 2.16 bits per heavy atom. The molecule has 0 saturated heterocycles. The van der Waals surface area contributed by atoms with Gasteiger partial charge in [0.15, 0.2) is 11.3 Å². The Morgan fingerprint density at radius 2 is 1.61 bits per heavy atom. The molecule has 1 amide bonds. The summed E-state index contributed by atoms with van der Waals surface area (Å²) >= 11 is 0. The number of benzene rings is 2. The first kappa shape index (κ1) is 22.2. The minimum Gasteiger partial charge on any atom is -0.467 e. The zero-order valence-electron chi connectivity index (χ0n) is 17.2. The van der Waals surface area contributed by atoms with Crippen LogP contribution >= 0.6 is 0 Å². The Bertz CT molecular complexity index is 991. The highest BCUT2D eigenvalue weighted by molar-refractivity contribution is 6.18. The van der Waals surface area contributed by atoms with Crippen LogP contribution in [0.5, 0.6) is 0 Å². The van der Waals surface area contributed by atoms with Crippen LogP contribution in [0.1, 0.15) is 35.2 Å². The fraction of sp³-hybridized carbons (Fsp3) is 0.304. The molecular weight excluding hydrogens is 402 g/mol. The average Bonchev–Trinajstić information content (AvgIpc) is 3.03. The van der Waals surface area contributed by atoms with Crippen molar-refractivity contribution in [1.29, 1.82) is 0 Å². The maximum absolute atomic E-state index is 13.2. The summed E-state index contributed by atoms with van der Waals surface area (Å²) in [5.74, 6) is -5.23. The van der Waals surface area contributed by atoms with E-state index in [-0.39, 0.29) is 18.6 Å². The van der Waals surface area contributed by atoms with Gasteiger partial charge in [0, 0.05) is 17.9 Å². The Hall–Kier alpha value is -3.52. The maximum atomic E-state index is 13.2. The molecule has 2 aromatic carbocycles. The third-order valence-electron chi connectivity index (χ3n) is 5.51. The largest absolute Gasteiger partial charge is 0.467 e. The van der Waals surface area contributed by atoms with Gasteiger partial charge in [0.1, 0.15) is 0 Å². The SMILES string of the molecule is CCOC(=O)C1(O)C(=O)C[C@H](c2ccccc2)[C@@]1(NC(=O)c1ccccc1)C(=O)OC. The average molecular weight is 425 g/mol. The van der Waals surface area contributed by atoms with Gasteiger partial charge in [-0.25, -0.2) is 9.59 Å². The summed E-state index contributed by atoms with van der Waals surface area (Å²) in [4.78, 5) is 52.2. The lowest BCUT2D eigenvalue weighted by Gasteiger charge is -2.40. The lowest BCUT2D eigenvalue weighted by molar-refractivity contribution is -0.184. The Balaban J connectivity index is 2.25. The second kappa shape index (κ2) is 8.69. The van der Waals surface area contributed by atoms with Crippen LogP contribution in [-0.2, 0) is 23.9 Å². The number of amides is 1. The first-order chi connectivity index (χ1) is 14.8.